The van der Waals surface area contributed by atoms with Gasteiger partial charge in [-0.15, -0.1) is 0 Å². The van der Waals surface area contributed by atoms with Gasteiger partial charge in [-0.1, -0.05) is 88.8 Å². The first-order valence-electron chi connectivity index (χ1n) is 15.1. The second-order valence-corrected chi connectivity index (χ2v) is 12.0. The number of esters is 2. The van der Waals surface area contributed by atoms with Crippen LogP contribution in [0.5, 0.6) is 0 Å². The Balaban J connectivity index is 1.49. The fourth-order valence-electron chi connectivity index (χ4n) is 7.32. The first-order valence-corrected chi connectivity index (χ1v) is 15.1. The summed E-state index contributed by atoms with van der Waals surface area (Å²) in [5.74, 6) is -0.680. The van der Waals surface area contributed by atoms with Gasteiger partial charge in [0.15, 0.2) is 0 Å². The number of rotatable bonds is 12. The summed E-state index contributed by atoms with van der Waals surface area (Å²) >= 11 is 0. The van der Waals surface area contributed by atoms with E-state index in [1.807, 2.05) is 0 Å². The van der Waals surface area contributed by atoms with Gasteiger partial charge >= 0.3 is 11.9 Å². The van der Waals surface area contributed by atoms with Crippen molar-refractivity contribution in [3.63, 3.8) is 0 Å². The van der Waals surface area contributed by atoms with E-state index in [0.717, 1.165) is 83.5 Å². The van der Waals surface area contributed by atoms with Gasteiger partial charge in [0, 0.05) is 12.8 Å². The third kappa shape index (κ3) is 6.15. The number of allylic oxidation sites excluding steroid dienone is 4. The minimum atomic E-state index is -0.588. The van der Waals surface area contributed by atoms with E-state index in [9.17, 15) is 9.59 Å². The number of carbonyl (C=O) groups excluding carboxylic acids is 2. The summed E-state index contributed by atoms with van der Waals surface area (Å²) in [7, 11) is 0. The van der Waals surface area contributed by atoms with E-state index >= 15 is 0 Å². The number of hydrogen-bond acceptors (Lipinski definition) is 4. The van der Waals surface area contributed by atoms with Crippen LogP contribution in [0, 0.1) is 23.7 Å². The molecule has 0 aromatic rings. The molecule has 0 saturated heterocycles. The lowest BCUT2D eigenvalue weighted by molar-refractivity contribution is -0.176. The molecule has 204 valence electrons. The Morgan fingerprint density at radius 2 is 1.16 bits per heavy atom. The van der Waals surface area contributed by atoms with E-state index in [1.54, 1.807) is 0 Å². The van der Waals surface area contributed by atoms with Crippen LogP contribution in [-0.2, 0) is 19.1 Å². The van der Waals surface area contributed by atoms with Crippen molar-refractivity contribution < 1.29 is 19.1 Å². The van der Waals surface area contributed by atoms with Crippen molar-refractivity contribution in [2.75, 3.05) is 0 Å². The van der Waals surface area contributed by atoms with Gasteiger partial charge < -0.3 is 9.47 Å². The summed E-state index contributed by atoms with van der Waals surface area (Å²) in [4.78, 5) is 27.6. The second-order valence-electron chi connectivity index (χ2n) is 12.0. The lowest BCUT2D eigenvalue weighted by atomic mass is 9.78. The van der Waals surface area contributed by atoms with Crippen molar-refractivity contribution in [3.8, 4) is 0 Å². The van der Waals surface area contributed by atoms with Crippen LogP contribution < -0.4 is 0 Å². The Morgan fingerprint density at radius 3 is 1.49 bits per heavy atom. The zero-order valence-corrected chi connectivity index (χ0v) is 23.6. The predicted molar refractivity (Wildman–Crippen MR) is 149 cm³/mol. The standard InChI is InChI=1S/C33H48O4/c1-5-9-24-13-19-32(17-7-3,20-14-24)36-30(34)28-26-11-12-27(23-26)29(28)31(35)37-33(18-8-4)21-15-25(10-6-2)16-22-33/h13-16,19,21,26-29H,5-12,17-18,20,22-23H2,1-4H3. The molecule has 0 aromatic heterocycles. The minimum absolute atomic E-state index is 0.187. The minimum Gasteiger partial charge on any atom is -0.454 e. The second kappa shape index (κ2) is 12.2. The Kier molecular flexibility index (Phi) is 9.19. The first kappa shape index (κ1) is 27.9. The van der Waals surface area contributed by atoms with Crippen molar-refractivity contribution in [3.05, 3.63) is 47.6 Å². The van der Waals surface area contributed by atoms with E-state index in [0.29, 0.717) is 0 Å². The molecule has 0 amide bonds. The average Bonchev–Trinajstić information content (AvgIpc) is 3.50. The molecule has 6 unspecified atom stereocenters. The molecule has 2 fully saturated rings. The summed E-state index contributed by atoms with van der Waals surface area (Å²) in [6.07, 6.45) is 25.2. The third-order valence-electron chi connectivity index (χ3n) is 9.11. The molecule has 37 heavy (non-hydrogen) atoms. The topological polar surface area (TPSA) is 52.6 Å². The van der Waals surface area contributed by atoms with Gasteiger partial charge in [0.05, 0.1) is 11.8 Å². The predicted octanol–water partition coefficient (Wildman–Crippen LogP) is 8.19. The lowest BCUT2D eigenvalue weighted by Gasteiger charge is -2.38. The molecule has 4 rings (SSSR count). The molecule has 4 nitrogen and oxygen atoms in total. The average molecular weight is 509 g/mol. The van der Waals surface area contributed by atoms with E-state index < -0.39 is 11.2 Å². The molecule has 0 heterocycles. The molecule has 4 heteroatoms. The Bertz CT molecular complexity index is 879. The molecule has 0 aromatic carbocycles. The molecular weight excluding hydrogens is 460 g/mol. The molecule has 6 atom stereocenters. The normalized spacial score (nSPS) is 34.3. The highest BCUT2D eigenvalue weighted by Gasteiger charge is 2.57. The van der Waals surface area contributed by atoms with E-state index in [2.05, 4.69) is 64.2 Å². The highest BCUT2D eigenvalue weighted by molar-refractivity contribution is 5.84. The number of carbonyl (C=O) groups is 2. The largest absolute Gasteiger partial charge is 0.454 e. The molecule has 0 radical (unpaired) electrons. The van der Waals surface area contributed by atoms with Crippen molar-refractivity contribution in [2.45, 2.75) is 122 Å². The van der Waals surface area contributed by atoms with Crippen LogP contribution in [0.25, 0.3) is 0 Å². The van der Waals surface area contributed by atoms with Crippen LogP contribution in [0.1, 0.15) is 111 Å². The maximum absolute atomic E-state index is 13.8. The van der Waals surface area contributed by atoms with Crippen LogP contribution in [-0.4, -0.2) is 23.1 Å². The lowest BCUT2D eigenvalue weighted by Crippen LogP contribution is -2.44. The summed E-state index contributed by atoms with van der Waals surface area (Å²) in [6.45, 7) is 8.64. The zero-order valence-electron chi connectivity index (χ0n) is 23.6. The van der Waals surface area contributed by atoms with Gasteiger partial charge in [-0.25, -0.2) is 0 Å². The van der Waals surface area contributed by atoms with E-state index in [4.69, 9.17) is 9.47 Å². The molecule has 0 N–H and O–H groups in total. The maximum atomic E-state index is 13.8. The molecular formula is C33H48O4. The van der Waals surface area contributed by atoms with Gasteiger partial charge in [-0.2, -0.15) is 0 Å². The number of ether oxygens (including phenoxy) is 2. The zero-order chi connectivity index (χ0) is 26.5. The van der Waals surface area contributed by atoms with Crippen LogP contribution in [0.15, 0.2) is 47.6 Å². The first-order chi connectivity index (χ1) is 17.9. The quantitative estimate of drug-likeness (QED) is 0.249. The van der Waals surface area contributed by atoms with Gasteiger partial charge in [0.25, 0.3) is 0 Å². The van der Waals surface area contributed by atoms with Gasteiger partial charge in [-0.05, 0) is 68.9 Å². The van der Waals surface area contributed by atoms with Crippen molar-refractivity contribution >= 4 is 11.9 Å². The summed E-state index contributed by atoms with van der Waals surface area (Å²) < 4.78 is 12.7. The maximum Gasteiger partial charge on any atom is 0.310 e. The third-order valence-corrected chi connectivity index (χ3v) is 9.11. The molecule has 0 spiro atoms. The highest BCUT2D eigenvalue weighted by atomic mass is 16.6. The van der Waals surface area contributed by atoms with Gasteiger partial charge in [0.1, 0.15) is 11.2 Å². The van der Waals surface area contributed by atoms with Crippen LogP contribution >= 0.6 is 0 Å². The van der Waals surface area contributed by atoms with Crippen molar-refractivity contribution in [2.24, 2.45) is 23.7 Å². The monoisotopic (exact) mass is 508 g/mol. The molecule has 2 bridgehead atoms. The smallest absolute Gasteiger partial charge is 0.310 e. The fourth-order valence-corrected chi connectivity index (χ4v) is 7.32. The summed E-state index contributed by atoms with van der Waals surface area (Å²) in [6, 6.07) is 0. The van der Waals surface area contributed by atoms with Crippen molar-refractivity contribution in [1.29, 1.82) is 0 Å². The highest BCUT2D eigenvalue weighted by Crippen LogP contribution is 2.54. The Labute approximate surface area is 224 Å². The molecule has 0 aliphatic heterocycles. The van der Waals surface area contributed by atoms with Crippen molar-refractivity contribution in [1.82, 2.24) is 0 Å². The van der Waals surface area contributed by atoms with Gasteiger partial charge in [-0.3, -0.25) is 9.59 Å². The SMILES string of the molecule is CCCC1=CCC(CCC)(OC(=O)C2C3CCC(C3)C2C(=O)OC2(CCC)C=CC(CCC)=CC2)C=C1. The van der Waals surface area contributed by atoms with Crippen LogP contribution in [0.2, 0.25) is 0 Å². The number of hydrogen-bond donors (Lipinski definition) is 0. The fraction of sp³-hybridized carbons (Fsp3) is 0.697. The Morgan fingerprint density at radius 1 is 0.730 bits per heavy atom. The number of fused-ring (bicyclic) bond motifs is 2. The van der Waals surface area contributed by atoms with Crippen LogP contribution in [0.3, 0.4) is 0 Å². The van der Waals surface area contributed by atoms with Crippen LogP contribution in [0.4, 0.5) is 0 Å². The molecule has 4 aliphatic carbocycles. The Hall–Kier alpha value is -2.10. The molecule has 4 aliphatic rings. The van der Waals surface area contributed by atoms with Gasteiger partial charge in [0.2, 0.25) is 0 Å². The summed E-state index contributed by atoms with van der Waals surface area (Å²) in [5, 5.41) is 0. The van der Waals surface area contributed by atoms with E-state index in [-0.39, 0.29) is 35.6 Å². The van der Waals surface area contributed by atoms with E-state index in [1.165, 1.54) is 11.1 Å². The molecule has 2 saturated carbocycles. The summed E-state index contributed by atoms with van der Waals surface area (Å²) in [5.41, 5.74) is 1.47.